The molecule has 1 aliphatic carbocycles. The van der Waals surface area contributed by atoms with Gasteiger partial charge < -0.3 is 22.9 Å². The van der Waals surface area contributed by atoms with Gasteiger partial charge >= 0.3 is 0 Å². The normalized spacial score (nSPS) is 13.8. The lowest BCUT2D eigenvalue weighted by Crippen LogP contribution is -3.00. The number of fused-ring (bicyclic) bond motifs is 1. The van der Waals surface area contributed by atoms with Gasteiger partial charge in [-0.05, 0) is 55.5 Å². The van der Waals surface area contributed by atoms with E-state index >= 15 is 0 Å². The smallest absolute Gasteiger partial charge is 0.268 e. The van der Waals surface area contributed by atoms with Crippen LogP contribution in [-0.4, -0.2) is 17.4 Å². The molecule has 0 radical (unpaired) electrons. The number of nitrogens with zero attached hydrogens (tertiary/aromatic N) is 2. The van der Waals surface area contributed by atoms with E-state index in [2.05, 4.69) is 16.8 Å². The highest BCUT2D eigenvalue weighted by molar-refractivity contribution is 7.90. The summed E-state index contributed by atoms with van der Waals surface area (Å²) in [7, 11) is -3.76. The van der Waals surface area contributed by atoms with E-state index < -0.39 is 10.0 Å². The van der Waals surface area contributed by atoms with E-state index in [0.29, 0.717) is 30.3 Å². The molecule has 0 spiro atoms. The van der Waals surface area contributed by atoms with Crippen LogP contribution in [0, 0.1) is 6.92 Å². The molecule has 1 fully saturated rings. The average Bonchev–Trinajstić information content (AvgIpc) is 3.33. The average molecular weight is 490 g/mol. The zero-order valence-electron chi connectivity index (χ0n) is 17.6. The number of thiazole rings is 1. The maximum atomic E-state index is 13.6. The van der Waals surface area contributed by atoms with Gasteiger partial charge in [-0.1, -0.05) is 17.7 Å². The fraction of sp³-hybridized carbons (Fsp3) is 0.261. The van der Waals surface area contributed by atoms with E-state index in [1.807, 2.05) is 36.6 Å². The Labute approximate surface area is 197 Å². The van der Waals surface area contributed by atoms with Gasteiger partial charge in [0.2, 0.25) is 0 Å². The lowest BCUT2D eigenvalue weighted by molar-refractivity contribution is -0.387. The lowest BCUT2D eigenvalue weighted by atomic mass is 10.1. The summed E-state index contributed by atoms with van der Waals surface area (Å²) in [6, 6.07) is 12.8. The Balaban J connectivity index is 0.00000245. The maximum Gasteiger partial charge on any atom is 0.268 e. The van der Waals surface area contributed by atoms with Gasteiger partial charge in [0.25, 0.3) is 10.0 Å². The standard InChI is InChI=1S/C23H23N3O3S2.ClH/c1-15-2-6-20(7-3-15)31(27,28)26-19(11-24)8-17-9-21(16-4-5-16)23(10-22(17)26)29-12-18-13-30-14-25-18;/h2-3,6-10,13-14,16H,4-5,11-12,24H2,1H3;1H. The predicted molar refractivity (Wildman–Crippen MR) is 121 cm³/mol. The number of halogens is 1. The second-order valence-corrected chi connectivity index (χ2v) is 10.5. The van der Waals surface area contributed by atoms with Crippen molar-refractivity contribution in [2.24, 2.45) is 0 Å². The van der Waals surface area contributed by atoms with Gasteiger partial charge in [0, 0.05) is 16.8 Å². The molecule has 0 saturated heterocycles. The molecule has 4 aromatic rings. The molecule has 9 heteroatoms. The molecule has 0 unspecified atom stereocenters. The molecule has 1 aliphatic rings. The molecule has 3 N–H and O–H groups in total. The number of ether oxygens (including phenoxy) is 1. The molecule has 2 aromatic heterocycles. The number of hydrogen-bond acceptors (Lipinski definition) is 5. The van der Waals surface area contributed by atoms with Crippen LogP contribution in [0.25, 0.3) is 10.9 Å². The molecule has 2 aromatic carbocycles. The van der Waals surface area contributed by atoms with E-state index in [9.17, 15) is 8.42 Å². The number of hydrogen-bond donors (Lipinski definition) is 1. The van der Waals surface area contributed by atoms with E-state index in [1.165, 1.54) is 15.3 Å². The number of rotatable bonds is 7. The minimum Gasteiger partial charge on any atom is -1.00 e. The maximum absolute atomic E-state index is 13.6. The molecule has 0 amide bonds. The first-order chi connectivity index (χ1) is 15.0. The van der Waals surface area contributed by atoms with Crippen LogP contribution in [0.4, 0.5) is 0 Å². The molecule has 0 bridgehead atoms. The van der Waals surface area contributed by atoms with Crippen LogP contribution in [-0.2, 0) is 23.2 Å². The van der Waals surface area contributed by atoms with Crippen molar-refractivity contribution in [3.05, 3.63) is 75.9 Å². The molecule has 6 nitrogen and oxygen atoms in total. The number of benzene rings is 2. The Hall–Kier alpha value is -2.39. The van der Waals surface area contributed by atoms with Gasteiger partial charge in [0.1, 0.15) is 18.9 Å². The van der Waals surface area contributed by atoms with E-state index in [-0.39, 0.29) is 17.3 Å². The van der Waals surface area contributed by atoms with E-state index in [0.717, 1.165) is 40.8 Å². The second kappa shape index (κ2) is 8.86. The Bertz CT molecular complexity index is 1340. The van der Waals surface area contributed by atoms with Crippen molar-refractivity contribution in [2.45, 2.75) is 43.7 Å². The van der Waals surface area contributed by atoms with Crippen LogP contribution in [0.15, 0.2) is 58.3 Å². The van der Waals surface area contributed by atoms with Crippen LogP contribution in [0.2, 0.25) is 0 Å². The molecular formula is C23H24ClN3O3S2. The van der Waals surface area contributed by atoms with Crippen LogP contribution in [0.5, 0.6) is 5.75 Å². The third-order valence-electron chi connectivity index (χ3n) is 5.65. The molecule has 0 aliphatic heterocycles. The number of quaternary nitrogens is 1. The minimum absolute atomic E-state index is 0. The molecular weight excluding hydrogens is 466 g/mol. The third-order valence-corrected chi connectivity index (χ3v) is 8.07. The van der Waals surface area contributed by atoms with E-state index in [1.54, 1.807) is 17.6 Å². The Morgan fingerprint density at radius 1 is 1.19 bits per heavy atom. The minimum atomic E-state index is -3.76. The Morgan fingerprint density at radius 2 is 1.94 bits per heavy atom. The summed E-state index contributed by atoms with van der Waals surface area (Å²) in [5.74, 6) is 1.20. The quantitative estimate of drug-likeness (QED) is 0.417. The highest BCUT2D eigenvalue weighted by Gasteiger charge is 2.30. The van der Waals surface area contributed by atoms with E-state index in [4.69, 9.17) is 4.74 Å². The largest absolute Gasteiger partial charge is 1.00 e. The molecule has 5 rings (SSSR count). The number of aryl methyl sites for hydroxylation is 1. The first-order valence-electron chi connectivity index (χ1n) is 10.3. The van der Waals surface area contributed by atoms with Gasteiger partial charge in [0.05, 0.1) is 27.3 Å². The van der Waals surface area contributed by atoms with Crippen molar-refractivity contribution in [3.63, 3.8) is 0 Å². The summed E-state index contributed by atoms with van der Waals surface area (Å²) in [6.45, 7) is 2.67. The van der Waals surface area contributed by atoms with Crippen molar-refractivity contribution in [2.75, 3.05) is 0 Å². The zero-order chi connectivity index (χ0) is 21.6. The SMILES string of the molecule is Cc1ccc(S(=O)(=O)n2c(C[NH3+])cc3cc(C4CC4)c(OCc4cscn4)cc32)cc1.[Cl-]. The second-order valence-electron chi connectivity index (χ2n) is 7.96. The summed E-state index contributed by atoms with van der Waals surface area (Å²) in [6.07, 6.45) is 2.26. The van der Waals surface area contributed by atoms with Crippen molar-refractivity contribution < 1.29 is 31.3 Å². The number of aromatic nitrogens is 2. The van der Waals surface area contributed by atoms with Gasteiger partial charge in [-0.3, -0.25) is 0 Å². The first kappa shape index (κ1) is 22.8. The van der Waals surface area contributed by atoms with Gasteiger partial charge in [-0.25, -0.2) is 17.4 Å². The molecule has 32 heavy (non-hydrogen) atoms. The fourth-order valence-electron chi connectivity index (χ4n) is 3.86. The monoisotopic (exact) mass is 489 g/mol. The Morgan fingerprint density at radius 3 is 2.56 bits per heavy atom. The fourth-order valence-corrected chi connectivity index (χ4v) is 5.96. The summed E-state index contributed by atoms with van der Waals surface area (Å²) >= 11 is 1.53. The van der Waals surface area contributed by atoms with Crippen molar-refractivity contribution in [1.82, 2.24) is 8.96 Å². The van der Waals surface area contributed by atoms with Crippen LogP contribution in [0.1, 0.15) is 41.3 Å². The summed E-state index contributed by atoms with van der Waals surface area (Å²) in [5, 5.41) is 2.86. The Kier molecular flexibility index (Phi) is 6.31. The zero-order valence-corrected chi connectivity index (χ0v) is 20.0. The van der Waals surface area contributed by atoms with Crippen LogP contribution >= 0.6 is 11.3 Å². The topological polar surface area (TPSA) is 88.8 Å². The molecule has 0 atom stereocenters. The molecule has 2 heterocycles. The molecule has 168 valence electrons. The third kappa shape index (κ3) is 4.15. The van der Waals surface area contributed by atoms with Gasteiger partial charge in [-0.15, -0.1) is 11.3 Å². The summed E-state index contributed by atoms with van der Waals surface area (Å²) in [5.41, 5.74) is 10.1. The summed E-state index contributed by atoms with van der Waals surface area (Å²) in [4.78, 5) is 4.55. The predicted octanol–water partition coefficient (Wildman–Crippen LogP) is 0.846. The highest BCUT2D eigenvalue weighted by Crippen LogP contribution is 2.46. The first-order valence-corrected chi connectivity index (χ1v) is 12.7. The van der Waals surface area contributed by atoms with Gasteiger partial charge in [0.15, 0.2) is 0 Å². The van der Waals surface area contributed by atoms with Gasteiger partial charge in [-0.2, -0.15) is 0 Å². The van der Waals surface area contributed by atoms with Crippen LogP contribution < -0.4 is 22.9 Å². The lowest BCUT2D eigenvalue weighted by Gasteiger charge is -2.14. The highest BCUT2D eigenvalue weighted by atomic mass is 35.5. The van der Waals surface area contributed by atoms with Crippen molar-refractivity contribution in [1.29, 1.82) is 0 Å². The molecule has 1 saturated carbocycles. The van der Waals surface area contributed by atoms with Crippen molar-refractivity contribution in [3.8, 4) is 5.75 Å². The van der Waals surface area contributed by atoms with Crippen LogP contribution in [0.3, 0.4) is 0 Å². The van der Waals surface area contributed by atoms with Crippen molar-refractivity contribution >= 4 is 32.3 Å². The summed E-state index contributed by atoms with van der Waals surface area (Å²) < 4.78 is 34.7.